The number of primary amides is 1. The molecule has 0 saturated heterocycles. The fraction of sp³-hybridized carbons (Fsp3) is 0.133. The summed E-state index contributed by atoms with van der Waals surface area (Å²) in [5.74, 6) is 0.595. The first-order valence-corrected chi connectivity index (χ1v) is 6.06. The molecule has 4 N–H and O–H groups in total. The lowest BCUT2D eigenvalue weighted by Gasteiger charge is -2.10. The highest BCUT2D eigenvalue weighted by Crippen LogP contribution is 2.28. The van der Waals surface area contributed by atoms with Crippen LogP contribution >= 0.6 is 0 Å². The van der Waals surface area contributed by atoms with E-state index in [0.717, 1.165) is 6.42 Å². The number of hydrogen-bond donors (Lipinski definition) is 2. The van der Waals surface area contributed by atoms with Gasteiger partial charge in [0.05, 0.1) is 5.69 Å². The molecule has 0 aliphatic heterocycles. The summed E-state index contributed by atoms with van der Waals surface area (Å²) >= 11 is 0. The minimum absolute atomic E-state index is 0.370. The molecule has 4 heteroatoms. The molecule has 0 aliphatic carbocycles. The van der Waals surface area contributed by atoms with Gasteiger partial charge in [0, 0.05) is 5.56 Å². The fourth-order valence-corrected chi connectivity index (χ4v) is 1.70. The quantitative estimate of drug-likeness (QED) is 0.825. The van der Waals surface area contributed by atoms with Gasteiger partial charge in [0.25, 0.3) is 0 Å². The Morgan fingerprint density at radius 1 is 1.16 bits per heavy atom. The predicted molar refractivity (Wildman–Crippen MR) is 75.3 cm³/mol. The highest BCUT2D eigenvalue weighted by molar-refractivity contribution is 5.93. The lowest BCUT2D eigenvalue weighted by atomic mass is 10.1. The average Bonchev–Trinajstić information content (AvgIpc) is 2.42. The summed E-state index contributed by atoms with van der Waals surface area (Å²) < 4.78 is 5.67. The maximum Gasteiger partial charge on any atom is 0.248 e. The second-order valence-electron chi connectivity index (χ2n) is 4.22. The number of rotatable bonds is 4. The number of amides is 1. The second-order valence-corrected chi connectivity index (χ2v) is 4.22. The van der Waals surface area contributed by atoms with E-state index in [4.69, 9.17) is 16.2 Å². The molecule has 0 unspecified atom stereocenters. The normalized spacial score (nSPS) is 10.2. The molecule has 0 heterocycles. The van der Waals surface area contributed by atoms with Crippen LogP contribution in [0.5, 0.6) is 11.5 Å². The van der Waals surface area contributed by atoms with Crippen LogP contribution in [0.15, 0.2) is 42.5 Å². The van der Waals surface area contributed by atoms with Crippen molar-refractivity contribution in [3.63, 3.8) is 0 Å². The molecule has 0 aromatic heterocycles. The second kappa shape index (κ2) is 5.44. The fourth-order valence-electron chi connectivity index (χ4n) is 1.70. The van der Waals surface area contributed by atoms with Gasteiger partial charge in [-0.2, -0.15) is 0 Å². The van der Waals surface area contributed by atoms with Crippen molar-refractivity contribution >= 4 is 11.6 Å². The Hall–Kier alpha value is -2.49. The number of nitrogens with two attached hydrogens (primary N) is 2. The van der Waals surface area contributed by atoms with E-state index >= 15 is 0 Å². The number of nitrogen functional groups attached to an aromatic ring is 1. The van der Waals surface area contributed by atoms with Crippen LogP contribution in [-0.2, 0) is 6.42 Å². The van der Waals surface area contributed by atoms with Crippen LogP contribution in [0.25, 0.3) is 0 Å². The van der Waals surface area contributed by atoms with Crippen molar-refractivity contribution in [2.24, 2.45) is 5.73 Å². The molecule has 0 bridgehead atoms. The molecule has 1 amide bonds. The van der Waals surface area contributed by atoms with Crippen LogP contribution < -0.4 is 16.2 Å². The molecular formula is C15H16N2O2. The third-order valence-corrected chi connectivity index (χ3v) is 2.86. The Labute approximate surface area is 112 Å². The molecule has 0 saturated carbocycles. The van der Waals surface area contributed by atoms with Gasteiger partial charge in [-0.1, -0.05) is 19.1 Å². The Morgan fingerprint density at radius 3 is 2.42 bits per heavy atom. The number of carbonyl (C=O) groups is 1. The molecule has 4 nitrogen and oxygen atoms in total. The van der Waals surface area contributed by atoms with Crippen LogP contribution in [0.2, 0.25) is 0 Å². The summed E-state index contributed by atoms with van der Waals surface area (Å²) in [7, 11) is 0. The zero-order valence-electron chi connectivity index (χ0n) is 10.7. The van der Waals surface area contributed by atoms with Crippen molar-refractivity contribution < 1.29 is 9.53 Å². The molecule has 0 fully saturated rings. The number of aryl methyl sites for hydroxylation is 1. The van der Waals surface area contributed by atoms with Gasteiger partial charge in [-0.3, -0.25) is 4.79 Å². The number of anilines is 1. The smallest absolute Gasteiger partial charge is 0.248 e. The molecule has 2 aromatic carbocycles. The summed E-state index contributed by atoms with van der Waals surface area (Å²) in [5, 5.41) is 0. The van der Waals surface area contributed by atoms with E-state index in [1.54, 1.807) is 18.2 Å². The maximum atomic E-state index is 11.1. The largest absolute Gasteiger partial charge is 0.455 e. The van der Waals surface area contributed by atoms with Crippen molar-refractivity contribution in [3.05, 3.63) is 53.6 Å². The molecule has 2 rings (SSSR count). The van der Waals surface area contributed by atoms with Crippen molar-refractivity contribution in [2.45, 2.75) is 13.3 Å². The summed E-state index contributed by atoms with van der Waals surface area (Å²) in [6.45, 7) is 2.09. The first-order chi connectivity index (χ1) is 9.10. The monoisotopic (exact) mass is 256 g/mol. The van der Waals surface area contributed by atoms with Gasteiger partial charge >= 0.3 is 0 Å². The Bertz CT molecular complexity index is 592. The van der Waals surface area contributed by atoms with Gasteiger partial charge in [-0.25, -0.2) is 0 Å². The highest BCUT2D eigenvalue weighted by Gasteiger charge is 2.07. The molecule has 0 aliphatic rings. The van der Waals surface area contributed by atoms with Crippen molar-refractivity contribution in [1.82, 2.24) is 0 Å². The molecule has 98 valence electrons. The zero-order valence-corrected chi connectivity index (χ0v) is 10.7. The predicted octanol–water partition coefficient (Wildman–Crippen LogP) is 2.72. The molecule has 19 heavy (non-hydrogen) atoms. The van der Waals surface area contributed by atoms with Crippen molar-refractivity contribution in [1.29, 1.82) is 0 Å². The Morgan fingerprint density at radius 2 is 1.84 bits per heavy atom. The van der Waals surface area contributed by atoms with Crippen molar-refractivity contribution in [3.8, 4) is 11.5 Å². The lowest BCUT2D eigenvalue weighted by molar-refractivity contribution is 0.1000. The topological polar surface area (TPSA) is 78.3 Å². The first-order valence-electron chi connectivity index (χ1n) is 6.06. The number of carbonyl (C=O) groups excluding carboxylic acids is 1. The van der Waals surface area contributed by atoms with E-state index < -0.39 is 5.91 Å². The summed E-state index contributed by atoms with van der Waals surface area (Å²) in [6.07, 6.45) is 0.972. The van der Waals surface area contributed by atoms with E-state index in [9.17, 15) is 4.79 Å². The third-order valence-electron chi connectivity index (χ3n) is 2.86. The van der Waals surface area contributed by atoms with E-state index in [-0.39, 0.29) is 0 Å². The SMILES string of the molecule is CCc1ccc(Oc2cc(C(N)=O)ccc2N)cc1. The molecule has 0 radical (unpaired) electrons. The number of benzene rings is 2. The van der Waals surface area contributed by atoms with Gasteiger partial charge in [-0.15, -0.1) is 0 Å². The van der Waals surface area contributed by atoms with Crippen LogP contribution in [0, 0.1) is 0 Å². The Balaban J connectivity index is 2.26. The molecule has 2 aromatic rings. The van der Waals surface area contributed by atoms with Gasteiger partial charge in [-0.05, 0) is 42.3 Å². The average molecular weight is 256 g/mol. The number of ether oxygens (including phenoxy) is 1. The van der Waals surface area contributed by atoms with E-state index in [1.807, 2.05) is 24.3 Å². The van der Waals surface area contributed by atoms with Crippen LogP contribution in [0.4, 0.5) is 5.69 Å². The summed E-state index contributed by atoms with van der Waals surface area (Å²) in [6, 6.07) is 12.4. The van der Waals surface area contributed by atoms with Gasteiger partial charge in [0.1, 0.15) is 5.75 Å². The van der Waals surface area contributed by atoms with Crippen molar-refractivity contribution in [2.75, 3.05) is 5.73 Å². The standard InChI is InChI=1S/C15H16N2O2/c1-2-10-3-6-12(7-4-10)19-14-9-11(15(17)18)5-8-13(14)16/h3-9H,2,16H2,1H3,(H2,17,18). The number of hydrogen-bond acceptors (Lipinski definition) is 3. The summed E-state index contributed by atoms with van der Waals surface area (Å²) in [4.78, 5) is 11.1. The van der Waals surface area contributed by atoms with Gasteiger partial charge in [0.15, 0.2) is 5.75 Å². The molecular weight excluding hydrogens is 240 g/mol. The van der Waals surface area contributed by atoms with E-state index in [0.29, 0.717) is 22.7 Å². The van der Waals surface area contributed by atoms with Crippen LogP contribution in [0.1, 0.15) is 22.8 Å². The summed E-state index contributed by atoms with van der Waals surface area (Å²) in [5.41, 5.74) is 13.1. The third kappa shape index (κ3) is 3.04. The zero-order chi connectivity index (χ0) is 13.8. The van der Waals surface area contributed by atoms with Gasteiger partial charge < -0.3 is 16.2 Å². The minimum Gasteiger partial charge on any atom is -0.455 e. The van der Waals surface area contributed by atoms with Crippen LogP contribution in [0.3, 0.4) is 0 Å². The highest BCUT2D eigenvalue weighted by atomic mass is 16.5. The lowest BCUT2D eigenvalue weighted by Crippen LogP contribution is -2.11. The maximum absolute atomic E-state index is 11.1. The minimum atomic E-state index is -0.508. The molecule has 0 spiro atoms. The van der Waals surface area contributed by atoms with Crippen LogP contribution in [-0.4, -0.2) is 5.91 Å². The van der Waals surface area contributed by atoms with E-state index in [2.05, 4.69) is 6.92 Å². The van der Waals surface area contributed by atoms with Gasteiger partial charge in [0.2, 0.25) is 5.91 Å². The van der Waals surface area contributed by atoms with E-state index in [1.165, 1.54) is 5.56 Å². The first kappa shape index (κ1) is 13.0. The molecule has 0 atom stereocenters. The Kier molecular flexibility index (Phi) is 3.71.